The number of nitrogens with one attached hydrogen (secondary N) is 2. The van der Waals surface area contributed by atoms with Gasteiger partial charge in [-0.1, -0.05) is 0 Å². The third-order valence-electron chi connectivity index (χ3n) is 4.05. The van der Waals surface area contributed by atoms with E-state index in [-0.39, 0.29) is 5.91 Å². The summed E-state index contributed by atoms with van der Waals surface area (Å²) >= 11 is 3.65. The highest BCUT2D eigenvalue weighted by Crippen LogP contribution is 2.24. The summed E-state index contributed by atoms with van der Waals surface area (Å²) in [5.74, 6) is 2.34. The van der Waals surface area contributed by atoms with Gasteiger partial charge in [0.15, 0.2) is 5.13 Å². The van der Waals surface area contributed by atoms with Crippen LogP contribution in [0.15, 0.2) is 5.38 Å². The molecule has 1 aromatic heterocycles. The molecular formula is C15H24N4OS2. The molecule has 0 spiro atoms. The molecule has 0 aromatic carbocycles. The zero-order valence-corrected chi connectivity index (χ0v) is 14.5. The largest absolute Gasteiger partial charge is 0.356 e. The highest BCUT2D eigenvalue weighted by atomic mass is 32.2. The fraction of sp³-hybridized carbons (Fsp3) is 0.733. The lowest BCUT2D eigenvalue weighted by molar-refractivity contribution is -0.121. The van der Waals surface area contributed by atoms with Crippen molar-refractivity contribution in [1.82, 2.24) is 15.6 Å². The number of aromatic nitrogens is 1. The lowest BCUT2D eigenvalue weighted by Crippen LogP contribution is -2.41. The number of rotatable bonds is 6. The molecule has 2 fully saturated rings. The predicted molar refractivity (Wildman–Crippen MR) is 94.0 cm³/mol. The summed E-state index contributed by atoms with van der Waals surface area (Å²) in [6, 6.07) is 0.333. The average Bonchev–Trinajstić information content (AvgIpc) is 3.19. The standard InChI is InChI=1S/C15H24N4OS2/c20-14(9-13-10-21-8-5-16-13)17-4-3-12-11-22-15(18-12)19-6-1-2-7-19/h11,13,16H,1-10H2,(H,17,20). The van der Waals surface area contributed by atoms with Crippen molar-refractivity contribution in [2.75, 3.05) is 42.6 Å². The molecule has 0 bridgehead atoms. The molecule has 2 aliphatic rings. The van der Waals surface area contributed by atoms with Crippen LogP contribution in [0.25, 0.3) is 0 Å². The summed E-state index contributed by atoms with van der Waals surface area (Å²) < 4.78 is 0. The first-order valence-electron chi connectivity index (χ1n) is 8.08. The third-order valence-corrected chi connectivity index (χ3v) is 6.13. The van der Waals surface area contributed by atoms with Crippen molar-refractivity contribution in [3.05, 3.63) is 11.1 Å². The maximum absolute atomic E-state index is 11.9. The van der Waals surface area contributed by atoms with Crippen LogP contribution >= 0.6 is 23.1 Å². The number of anilines is 1. The number of carbonyl (C=O) groups is 1. The zero-order valence-electron chi connectivity index (χ0n) is 12.8. The topological polar surface area (TPSA) is 57.3 Å². The molecule has 22 heavy (non-hydrogen) atoms. The Kier molecular flexibility index (Phi) is 5.97. The lowest BCUT2D eigenvalue weighted by atomic mass is 10.2. The first kappa shape index (κ1) is 16.1. The van der Waals surface area contributed by atoms with Crippen LogP contribution in [0.4, 0.5) is 5.13 Å². The van der Waals surface area contributed by atoms with Crippen LogP contribution in [0.2, 0.25) is 0 Å². The van der Waals surface area contributed by atoms with E-state index in [2.05, 4.69) is 25.9 Å². The van der Waals surface area contributed by atoms with Crippen LogP contribution in [0.5, 0.6) is 0 Å². The van der Waals surface area contributed by atoms with Gasteiger partial charge in [-0.2, -0.15) is 11.8 Å². The van der Waals surface area contributed by atoms with Crippen molar-refractivity contribution in [2.45, 2.75) is 31.7 Å². The Hall–Kier alpha value is -0.790. The number of thioether (sulfide) groups is 1. The minimum atomic E-state index is 0.148. The van der Waals surface area contributed by atoms with E-state index in [4.69, 9.17) is 0 Å². The quantitative estimate of drug-likeness (QED) is 0.822. The monoisotopic (exact) mass is 340 g/mol. The van der Waals surface area contributed by atoms with Gasteiger partial charge >= 0.3 is 0 Å². The Morgan fingerprint density at radius 2 is 2.32 bits per heavy atom. The second-order valence-electron chi connectivity index (χ2n) is 5.85. The third kappa shape index (κ3) is 4.60. The van der Waals surface area contributed by atoms with Crippen LogP contribution in [-0.2, 0) is 11.2 Å². The van der Waals surface area contributed by atoms with E-state index >= 15 is 0 Å². The van der Waals surface area contributed by atoms with Crippen molar-refractivity contribution < 1.29 is 4.79 Å². The van der Waals surface area contributed by atoms with Gasteiger partial charge in [0.05, 0.1) is 5.69 Å². The second-order valence-corrected chi connectivity index (χ2v) is 7.83. The van der Waals surface area contributed by atoms with Gasteiger partial charge in [0, 0.05) is 61.9 Å². The van der Waals surface area contributed by atoms with Gasteiger partial charge in [-0.25, -0.2) is 4.98 Å². The van der Waals surface area contributed by atoms with Crippen molar-refractivity contribution >= 4 is 34.1 Å². The molecular weight excluding hydrogens is 316 g/mol. The normalized spacial score (nSPS) is 22.0. The van der Waals surface area contributed by atoms with E-state index < -0.39 is 0 Å². The smallest absolute Gasteiger partial charge is 0.221 e. The summed E-state index contributed by atoms with van der Waals surface area (Å²) in [5.41, 5.74) is 1.10. The summed E-state index contributed by atoms with van der Waals surface area (Å²) in [5, 5.41) is 9.68. The van der Waals surface area contributed by atoms with Gasteiger partial charge < -0.3 is 15.5 Å². The minimum Gasteiger partial charge on any atom is -0.356 e. The fourth-order valence-electron chi connectivity index (χ4n) is 2.84. The molecule has 5 nitrogen and oxygen atoms in total. The number of hydrogen-bond acceptors (Lipinski definition) is 6. The Bertz CT molecular complexity index is 482. The van der Waals surface area contributed by atoms with Crippen LogP contribution in [-0.4, -0.2) is 54.6 Å². The van der Waals surface area contributed by atoms with Crippen molar-refractivity contribution in [2.24, 2.45) is 0 Å². The SMILES string of the molecule is O=C(CC1CSCCN1)NCCc1csc(N2CCCC2)n1. The van der Waals surface area contributed by atoms with Gasteiger partial charge in [-0.05, 0) is 12.8 Å². The highest BCUT2D eigenvalue weighted by Gasteiger charge is 2.17. The van der Waals surface area contributed by atoms with Gasteiger partial charge in [0.1, 0.15) is 0 Å². The number of nitrogens with zero attached hydrogens (tertiary/aromatic N) is 2. The van der Waals surface area contributed by atoms with Gasteiger partial charge in [-0.15, -0.1) is 11.3 Å². The molecule has 0 aliphatic carbocycles. The number of hydrogen-bond donors (Lipinski definition) is 2. The molecule has 2 saturated heterocycles. The molecule has 1 unspecified atom stereocenters. The van der Waals surface area contributed by atoms with Crippen molar-refractivity contribution in [1.29, 1.82) is 0 Å². The Morgan fingerprint density at radius 3 is 3.09 bits per heavy atom. The van der Waals surface area contributed by atoms with E-state index in [0.717, 1.165) is 48.4 Å². The molecule has 0 saturated carbocycles. The van der Waals surface area contributed by atoms with Crippen molar-refractivity contribution in [3.8, 4) is 0 Å². The zero-order chi connectivity index (χ0) is 15.2. The molecule has 2 N–H and O–H groups in total. The first-order chi connectivity index (χ1) is 10.8. The van der Waals surface area contributed by atoms with E-state index in [0.29, 0.717) is 19.0 Å². The molecule has 3 heterocycles. The fourth-order valence-corrected chi connectivity index (χ4v) is 4.70. The number of thiazole rings is 1. The molecule has 1 atom stereocenters. The minimum absolute atomic E-state index is 0.148. The second kappa shape index (κ2) is 8.17. The Balaban J connectivity index is 1.36. The number of carbonyl (C=O) groups excluding carboxylic acids is 1. The number of amides is 1. The lowest BCUT2D eigenvalue weighted by Gasteiger charge is -2.22. The molecule has 7 heteroatoms. The van der Waals surface area contributed by atoms with Crippen LogP contribution in [0.3, 0.4) is 0 Å². The Morgan fingerprint density at radius 1 is 1.45 bits per heavy atom. The molecule has 1 amide bonds. The summed E-state index contributed by atoms with van der Waals surface area (Å²) in [4.78, 5) is 19.0. The van der Waals surface area contributed by atoms with Crippen molar-refractivity contribution in [3.63, 3.8) is 0 Å². The van der Waals surface area contributed by atoms with E-state index in [9.17, 15) is 4.79 Å². The summed E-state index contributed by atoms with van der Waals surface area (Å²) in [6.07, 6.45) is 3.96. The van der Waals surface area contributed by atoms with Crippen LogP contribution < -0.4 is 15.5 Å². The predicted octanol–water partition coefficient (Wildman–Crippen LogP) is 1.50. The maximum atomic E-state index is 11.9. The van der Waals surface area contributed by atoms with E-state index in [1.165, 1.54) is 12.8 Å². The van der Waals surface area contributed by atoms with E-state index in [1.807, 2.05) is 11.8 Å². The van der Waals surface area contributed by atoms with Gasteiger partial charge in [0.2, 0.25) is 5.91 Å². The molecule has 1 aromatic rings. The van der Waals surface area contributed by atoms with Crippen LogP contribution in [0, 0.1) is 0 Å². The molecule has 122 valence electrons. The maximum Gasteiger partial charge on any atom is 0.221 e. The van der Waals surface area contributed by atoms with Gasteiger partial charge in [0.25, 0.3) is 0 Å². The Labute approximate surface area is 140 Å². The highest BCUT2D eigenvalue weighted by molar-refractivity contribution is 7.99. The van der Waals surface area contributed by atoms with Crippen LogP contribution in [0.1, 0.15) is 25.0 Å². The average molecular weight is 341 g/mol. The molecule has 3 rings (SSSR count). The molecule has 2 aliphatic heterocycles. The summed E-state index contributed by atoms with van der Waals surface area (Å²) in [7, 11) is 0. The first-order valence-corrected chi connectivity index (χ1v) is 10.1. The molecule has 0 radical (unpaired) electrons. The summed E-state index contributed by atoms with van der Waals surface area (Å²) in [6.45, 7) is 3.97. The van der Waals surface area contributed by atoms with E-state index in [1.54, 1.807) is 11.3 Å². The van der Waals surface area contributed by atoms with Gasteiger partial charge in [-0.3, -0.25) is 4.79 Å².